The van der Waals surface area contributed by atoms with E-state index >= 15 is 4.39 Å². The standard InChI is InChI=1S/C21H17Cl2F2N3O3/c22-10-2-1-9(13(23)7-10)5-6-27-18-15(24)17(26)14-19(16(18)25)28(11-3-4-11)8-12(20(14)29)21(30)31/h1-2,7-8,11,27H,3-6,26H2,(H,30,31). The molecule has 0 saturated heterocycles. The summed E-state index contributed by atoms with van der Waals surface area (Å²) in [5, 5.41) is 12.5. The number of benzene rings is 2. The maximum absolute atomic E-state index is 15.4. The van der Waals surface area contributed by atoms with Crippen molar-refractivity contribution >= 4 is 51.4 Å². The molecule has 4 N–H and O–H groups in total. The Morgan fingerprint density at radius 2 is 1.97 bits per heavy atom. The molecule has 31 heavy (non-hydrogen) atoms. The molecule has 2 aromatic carbocycles. The van der Waals surface area contributed by atoms with Gasteiger partial charge in [0.2, 0.25) is 5.43 Å². The zero-order chi connectivity index (χ0) is 22.4. The minimum atomic E-state index is -1.48. The summed E-state index contributed by atoms with van der Waals surface area (Å²) in [5.74, 6) is -3.62. The number of carboxylic acids is 1. The van der Waals surface area contributed by atoms with Crippen molar-refractivity contribution in [2.45, 2.75) is 25.3 Å². The fraction of sp³-hybridized carbons (Fsp3) is 0.238. The summed E-state index contributed by atoms with van der Waals surface area (Å²) in [6.45, 7) is 0.126. The SMILES string of the molecule is Nc1c(F)c(NCCc2ccc(Cl)cc2Cl)c(F)c2c1c(=O)c(C(=O)O)cn2C1CC1. The van der Waals surface area contributed by atoms with E-state index in [1.165, 1.54) is 4.57 Å². The van der Waals surface area contributed by atoms with Crippen molar-refractivity contribution in [1.82, 2.24) is 4.57 Å². The number of nitrogens with two attached hydrogens (primary N) is 1. The van der Waals surface area contributed by atoms with Crippen molar-refractivity contribution in [3.63, 3.8) is 0 Å². The van der Waals surface area contributed by atoms with E-state index in [0.717, 1.165) is 11.8 Å². The van der Waals surface area contributed by atoms with Crippen LogP contribution in [0, 0.1) is 11.6 Å². The van der Waals surface area contributed by atoms with Gasteiger partial charge in [0.05, 0.1) is 16.6 Å². The molecule has 10 heteroatoms. The number of anilines is 2. The highest BCUT2D eigenvalue weighted by molar-refractivity contribution is 6.35. The van der Waals surface area contributed by atoms with Crippen molar-refractivity contribution in [1.29, 1.82) is 0 Å². The van der Waals surface area contributed by atoms with Gasteiger partial charge < -0.3 is 20.7 Å². The second kappa shape index (κ2) is 8.01. The number of halogens is 4. The topological polar surface area (TPSA) is 97.3 Å². The number of nitrogens with zero attached hydrogens (tertiary/aromatic N) is 1. The van der Waals surface area contributed by atoms with E-state index in [-0.39, 0.29) is 18.1 Å². The lowest BCUT2D eigenvalue weighted by molar-refractivity contribution is 0.0695. The smallest absolute Gasteiger partial charge is 0.341 e. The Hall–Kier alpha value is -2.84. The second-order valence-corrected chi connectivity index (χ2v) is 8.21. The van der Waals surface area contributed by atoms with Gasteiger partial charge >= 0.3 is 5.97 Å². The maximum Gasteiger partial charge on any atom is 0.341 e. The molecule has 1 aliphatic rings. The zero-order valence-electron chi connectivity index (χ0n) is 16.0. The van der Waals surface area contributed by atoms with Crippen molar-refractivity contribution in [2.24, 2.45) is 0 Å². The lowest BCUT2D eigenvalue weighted by Crippen LogP contribution is -2.22. The maximum atomic E-state index is 15.4. The Bertz CT molecular complexity index is 1290. The molecule has 6 nitrogen and oxygen atoms in total. The highest BCUT2D eigenvalue weighted by atomic mass is 35.5. The van der Waals surface area contributed by atoms with Gasteiger partial charge in [-0.25, -0.2) is 13.6 Å². The molecule has 1 saturated carbocycles. The number of hydrogen-bond donors (Lipinski definition) is 3. The number of pyridine rings is 1. The van der Waals surface area contributed by atoms with Crippen LogP contribution < -0.4 is 16.5 Å². The lowest BCUT2D eigenvalue weighted by atomic mass is 10.1. The molecule has 1 aromatic heterocycles. The Kier molecular flexibility index (Phi) is 5.53. The molecule has 0 unspecified atom stereocenters. The minimum absolute atomic E-state index is 0.126. The van der Waals surface area contributed by atoms with Crippen molar-refractivity contribution < 1.29 is 18.7 Å². The molecule has 4 rings (SSSR count). The summed E-state index contributed by atoms with van der Waals surface area (Å²) in [6, 6.07) is 4.77. The van der Waals surface area contributed by atoms with Crippen LogP contribution in [0.1, 0.15) is 34.8 Å². The van der Waals surface area contributed by atoms with Crippen LogP contribution in [0.2, 0.25) is 10.0 Å². The van der Waals surface area contributed by atoms with Crippen LogP contribution in [0.25, 0.3) is 10.9 Å². The summed E-state index contributed by atoms with van der Waals surface area (Å²) >= 11 is 12.0. The first-order valence-electron chi connectivity index (χ1n) is 9.47. The predicted molar refractivity (Wildman–Crippen MR) is 116 cm³/mol. The van der Waals surface area contributed by atoms with E-state index < -0.39 is 45.4 Å². The van der Waals surface area contributed by atoms with Crippen molar-refractivity contribution in [3.05, 3.63) is 67.4 Å². The zero-order valence-corrected chi connectivity index (χ0v) is 17.5. The van der Waals surface area contributed by atoms with Gasteiger partial charge in [0.1, 0.15) is 11.3 Å². The number of hydrogen-bond acceptors (Lipinski definition) is 4. The largest absolute Gasteiger partial charge is 0.477 e. The van der Waals surface area contributed by atoms with Gasteiger partial charge in [0.15, 0.2) is 11.6 Å². The van der Waals surface area contributed by atoms with Crippen LogP contribution in [-0.4, -0.2) is 22.2 Å². The number of aromatic carboxylic acids is 1. The van der Waals surface area contributed by atoms with Crippen LogP contribution in [-0.2, 0) is 6.42 Å². The number of aromatic nitrogens is 1. The Morgan fingerprint density at radius 3 is 2.58 bits per heavy atom. The number of carboxylic acid groups (broad SMARTS) is 1. The van der Waals surface area contributed by atoms with Crippen LogP contribution in [0.4, 0.5) is 20.2 Å². The lowest BCUT2D eigenvalue weighted by Gasteiger charge is -2.18. The number of fused-ring (bicyclic) bond motifs is 1. The number of nitrogens with one attached hydrogen (secondary N) is 1. The normalized spacial score (nSPS) is 13.5. The van der Waals surface area contributed by atoms with Crippen LogP contribution in [0.5, 0.6) is 0 Å². The minimum Gasteiger partial charge on any atom is -0.477 e. The van der Waals surface area contributed by atoms with Crippen LogP contribution in [0.15, 0.2) is 29.2 Å². The monoisotopic (exact) mass is 467 g/mol. The Labute approximate surface area is 185 Å². The highest BCUT2D eigenvalue weighted by Gasteiger charge is 2.31. The molecule has 0 radical (unpaired) electrons. The Balaban J connectivity index is 1.78. The first-order valence-corrected chi connectivity index (χ1v) is 10.2. The molecule has 0 aliphatic heterocycles. The van der Waals surface area contributed by atoms with Gasteiger partial charge in [0.25, 0.3) is 0 Å². The van der Waals surface area contributed by atoms with Crippen molar-refractivity contribution in [3.8, 4) is 0 Å². The number of rotatable bonds is 6. The van der Waals surface area contributed by atoms with E-state index in [0.29, 0.717) is 29.3 Å². The van der Waals surface area contributed by atoms with Gasteiger partial charge in [-0.3, -0.25) is 4.79 Å². The fourth-order valence-electron chi connectivity index (χ4n) is 3.56. The first-order chi connectivity index (χ1) is 14.7. The Morgan fingerprint density at radius 1 is 1.26 bits per heavy atom. The molecule has 0 atom stereocenters. The summed E-state index contributed by atoms with van der Waals surface area (Å²) in [7, 11) is 0. The summed E-state index contributed by atoms with van der Waals surface area (Å²) in [4.78, 5) is 24.1. The average molecular weight is 468 g/mol. The first kappa shape index (κ1) is 21.4. The van der Waals surface area contributed by atoms with Crippen LogP contribution in [0.3, 0.4) is 0 Å². The molecule has 0 bridgehead atoms. The van der Waals surface area contributed by atoms with Crippen LogP contribution >= 0.6 is 23.2 Å². The van der Waals surface area contributed by atoms with Gasteiger partial charge in [-0.15, -0.1) is 0 Å². The summed E-state index contributed by atoms with van der Waals surface area (Å²) in [6.07, 6.45) is 2.82. The third-order valence-corrected chi connectivity index (χ3v) is 5.86. The fourth-order valence-corrected chi connectivity index (χ4v) is 4.06. The van der Waals surface area contributed by atoms with E-state index in [4.69, 9.17) is 28.9 Å². The third kappa shape index (κ3) is 3.81. The van der Waals surface area contributed by atoms with E-state index in [1.807, 2.05) is 0 Å². The summed E-state index contributed by atoms with van der Waals surface area (Å²) < 4.78 is 31.7. The third-order valence-electron chi connectivity index (χ3n) is 5.27. The molecule has 162 valence electrons. The van der Waals surface area contributed by atoms with Gasteiger partial charge in [0, 0.05) is 28.8 Å². The number of carbonyl (C=O) groups is 1. The summed E-state index contributed by atoms with van der Waals surface area (Å²) in [5.41, 5.74) is 3.70. The molecule has 1 aliphatic carbocycles. The highest BCUT2D eigenvalue weighted by Crippen LogP contribution is 2.40. The molecule has 0 spiro atoms. The predicted octanol–water partition coefficient (Wildman–Crippen LogP) is 4.86. The molecule has 1 fully saturated rings. The average Bonchev–Trinajstić information content (AvgIpc) is 3.55. The van der Waals surface area contributed by atoms with E-state index in [2.05, 4.69) is 5.32 Å². The quantitative estimate of drug-likeness (QED) is 0.449. The van der Waals surface area contributed by atoms with Gasteiger partial charge in [-0.05, 0) is 37.0 Å². The van der Waals surface area contributed by atoms with E-state index in [9.17, 15) is 19.1 Å². The van der Waals surface area contributed by atoms with Gasteiger partial charge in [-0.1, -0.05) is 29.3 Å². The molecular weight excluding hydrogens is 451 g/mol. The van der Waals surface area contributed by atoms with Gasteiger partial charge in [-0.2, -0.15) is 0 Å². The molecule has 3 aromatic rings. The number of nitrogen functional groups attached to an aromatic ring is 1. The van der Waals surface area contributed by atoms with Crippen molar-refractivity contribution in [2.75, 3.05) is 17.6 Å². The molecule has 0 amide bonds. The molecular formula is C21H17Cl2F2N3O3. The van der Waals surface area contributed by atoms with E-state index in [1.54, 1.807) is 18.2 Å². The molecule has 1 heterocycles. The second-order valence-electron chi connectivity index (χ2n) is 7.37.